The summed E-state index contributed by atoms with van der Waals surface area (Å²) in [4.78, 5) is 2.78. The lowest BCUT2D eigenvalue weighted by Gasteiger charge is -2.22. The summed E-state index contributed by atoms with van der Waals surface area (Å²) >= 11 is 0. The number of allylic oxidation sites excluding steroid dienone is 6. The van der Waals surface area contributed by atoms with Crippen molar-refractivity contribution in [1.29, 1.82) is 0 Å². The molecule has 0 spiro atoms. The quantitative estimate of drug-likeness (QED) is 0.0508. The number of hydrogen-bond acceptors (Lipinski definition) is 2. The highest BCUT2D eigenvalue weighted by Gasteiger charge is 2.05. The van der Waals surface area contributed by atoms with E-state index in [9.17, 15) is 0 Å². The van der Waals surface area contributed by atoms with Crippen LogP contribution in [0.5, 0.6) is 0 Å². The summed E-state index contributed by atoms with van der Waals surface area (Å²) in [6.45, 7) is 13.1. The first-order chi connectivity index (χ1) is 24.3. The van der Waals surface area contributed by atoms with Gasteiger partial charge >= 0.3 is 0 Å². The van der Waals surface area contributed by atoms with Gasteiger partial charge in [0.05, 0.1) is 0 Å². The van der Waals surface area contributed by atoms with Gasteiger partial charge in [-0.25, -0.2) is 0 Å². The summed E-state index contributed by atoms with van der Waals surface area (Å²) in [5.74, 6) is 0. The van der Waals surface area contributed by atoms with Gasteiger partial charge in [0.2, 0.25) is 0 Å². The molecule has 0 fully saturated rings. The maximum absolute atomic E-state index is 3.76. The minimum Gasteiger partial charge on any atom is -0.317 e. The molecular formula is C47H92N2. The third-order valence-electron chi connectivity index (χ3n) is 10.2. The molecule has 0 aromatic rings. The van der Waals surface area contributed by atoms with Gasteiger partial charge in [0.25, 0.3) is 0 Å². The maximum Gasteiger partial charge on any atom is -0.000664 e. The van der Waals surface area contributed by atoms with Crippen molar-refractivity contribution in [3.8, 4) is 0 Å². The molecule has 49 heavy (non-hydrogen) atoms. The standard InChI is InChI=1S/C47H92N2/c1-4-7-10-13-16-18-20-22-24-26-28-30-32-34-36-39-43-48-44-42-47-49(45-40-37-15-12-9-6-3)46-41-38-35-33-31-29-27-25-23-21-19-17-14-11-8-5-2/h9,12,22-25,48H,4-8,10-11,13-21,26-47H2,1-3H3/b12-9+,24-22+,25-23+. The Balaban J connectivity index is 3.77. The van der Waals surface area contributed by atoms with Gasteiger partial charge in [-0.3, -0.25) is 0 Å². The zero-order valence-electron chi connectivity index (χ0n) is 34.3. The number of nitrogens with zero attached hydrogens (tertiary/aromatic N) is 1. The second-order valence-electron chi connectivity index (χ2n) is 15.2. The summed E-state index contributed by atoms with van der Waals surface area (Å²) in [5, 5.41) is 3.76. The Labute approximate surface area is 311 Å². The summed E-state index contributed by atoms with van der Waals surface area (Å²) < 4.78 is 0. The van der Waals surface area contributed by atoms with Crippen LogP contribution in [0, 0.1) is 0 Å². The van der Waals surface area contributed by atoms with E-state index >= 15 is 0 Å². The monoisotopic (exact) mass is 685 g/mol. The fourth-order valence-electron chi connectivity index (χ4n) is 6.85. The van der Waals surface area contributed by atoms with Crippen LogP contribution >= 0.6 is 0 Å². The van der Waals surface area contributed by atoms with Crippen molar-refractivity contribution < 1.29 is 0 Å². The predicted octanol–water partition coefficient (Wildman–Crippen LogP) is 15.5. The van der Waals surface area contributed by atoms with E-state index in [1.807, 2.05) is 0 Å². The van der Waals surface area contributed by atoms with Crippen LogP contribution in [0.1, 0.15) is 233 Å². The molecule has 0 aromatic carbocycles. The maximum atomic E-state index is 3.76. The van der Waals surface area contributed by atoms with Gasteiger partial charge < -0.3 is 10.2 Å². The zero-order chi connectivity index (χ0) is 35.4. The molecular weight excluding hydrogens is 593 g/mol. The molecule has 0 aromatic heterocycles. The number of unbranched alkanes of at least 4 members (excludes halogenated alkanes) is 26. The number of nitrogens with one attached hydrogen (secondary N) is 1. The first-order valence-electron chi connectivity index (χ1n) is 22.7. The van der Waals surface area contributed by atoms with Crippen molar-refractivity contribution in [3.63, 3.8) is 0 Å². The summed E-state index contributed by atoms with van der Waals surface area (Å²) in [7, 11) is 0. The Hall–Kier alpha value is -0.860. The second-order valence-corrected chi connectivity index (χ2v) is 15.2. The van der Waals surface area contributed by atoms with E-state index in [2.05, 4.69) is 67.4 Å². The van der Waals surface area contributed by atoms with Crippen LogP contribution in [0.4, 0.5) is 0 Å². The van der Waals surface area contributed by atoms with E-state index in [1.165, 1.54) is 245 Å². The highest BCUT2D eigenvalue weighted by Crippen LogP contribution is 2.12. The second kappa shape index (κ2) is 45.2. The van der Waals surface area contributed by atoms with Crippen LogP contribution < -0.4 is 5.32 Å². The lowest BCUT2D eigenvalue weighted by Crippen LogP contribution is -2.30. The first kappa shape index (κ1) is 48.1. The molecule has 0 unspecified atom stereocenters. The van der Waals surface area contributed by atoms with Crippen molar-refractivity contribution in [3.05, 3.63) is 36.5 Å². The predicted molar refractivity (Wildman–Crippen MR) is 226 cm³/mol. The largest absolute Gasteiger partial charge is 0.317 e. The van der Waals surface area contributed by atoms with Crippen LogP contribution in [0.3, 0.4) is 0 Å². The Morgan fingerprint density at radius 3 is 1.06 bits per heavy atom. The third-order valence-corrected chi connectivity index (χ3v) is 10.2. The number of hydrogen-bond donors (Lipinski definition) is 1. The molecule has 0 atom stereocenters. The molecule has 0 radical (unpaired) electrons. The van der Waals surface area contributed by atoms with Crippen molar-refractivity contribution in [1.82, 2.24) is 10.2 Å². The van der Waals surface area contributed by atoms with Crippen molar-refractivity contribution in [2.45, 2.75) is 233 Å². The fraction of sp³-hybridized carbons (Fsp3) is 0.872. The minimum absolute atomic E-state index is 1.17. The van der Waals surface area contributed by atoms with Crippen LogP contribution in [-0.2, 0) is 0 Å². The average molecular weight is 685 g/mol. The molecule has 290 valence electrons. The summed E-state index contributed by atoms with van der Waals surface area (Å²) in [6, 6.07) is 0. The number of rotatable bonds is 42. The molecule has 0 heterocycles. The van der Waals surface area contributed by atoms with Gasteiger partial charge in [0.15, 0.2) is 0 Å². The van der Waals surface area contributed by atoms with Crippen LogP contribution in [0.2, 0.25) is 0 Å². The minimum atomic E-state index is 1.17. The Morgan fingerprint density at radius 2 is 0.612 bits per heavy atom. The summed E-state index contributed by atoms with van der Waals surface area (Å²) in [5.41, 5.74) is 0. The summed E-state index contributed by atoms with van der Waals surface area (Å²) in [6.07, 6.45) is 59.9. The third kappa shape index (κ3) is 43.2. The van der Waals surface area contributed by atoms with Gasteiger partial charge in [-0.1, -0.05) is 173 Å². The van der Waals surface area contributed by atoms with Gasteiger partial charge in [0, 0.05) is 0 Å². The van der Waals surface area contributed by atoms with Crippen LogP contribution in [0.25, 0.3) is 0 Å². The average Bonchev–Trinajstić information content (AvgIpc) is 3.11. The highest BCUT2D eigenvalue weighted by atomic mass is 15.1. The van der Waals surface area contributed by atoms with Gasteiger partial charge in [-0.15, -0.1) is 0 Å². The van der Waals surface area contributed by atoms with E-state index in [1.54, 1.807) is 0 Å². The van der Waals surface area contributed by atoms with Crippen LogP contribution in [0.15, 0.2) is 36.5 Å². The normalized spacial score (nSPS) is 12.2. The molecule has 0 saturated heterocycles. The van der Waals surface area contributed by atoms with Crippen molar-refractivity contribution in [2.24, 2.45) is 0 Å². The fourth-order valence-corrected chi connectivity index (χ4v) is 6.85. The Kier molecular flexibility index (Phi) is 44.4. The van der Waals surface area contributed by atoms with E-state index in [0.29, 0.717) is 0 Å². The lowest BCUT2D eigenvalue weighted by atomic mass is 10.1. The van der Waals surface area contributed by atoms with E-state index in [0.717, 1.165) is 0 Å². The smallest absolute Gasteiger partial charge is 0.000664 e. The zero-order valence-corrected chi connectivity index (χ0v) is 34.3. The molecule has 0 rings (SSSR count). The molecule has 0 aliphatic rings. The molecule has 1 N–H and O–H groups in total. The van der Waals surface area contributed by atoms with Crippen molar-refractivity contribution in [2.75, 3.05) is 32.7 Å². The van der Waals surface area contributed by atoms with Gasteiger partial charge in [-0.05, 0) is 129 Å². The molecule has 0 amide bonds. The van der Waals surface area contributed by atoms with Gasteiger partial charge in [-0.2, -0.15) is 0 Å². The molecule has 0 bridgehead atoms. The Morgan fingerprint density at radius 1 is 0.306 bits per heavy atom. The molecule has 0 aliphatic carbocycles. The van der Waals surface area contributed by atoms with E-state index < -0.39 is 0 Å². The van der Waals surface area contributed by atoms with Crippen molar-refractivity contribution >= 4 is 0 Å². The van der Waals surface area contributed by atoms with E-state index in [4.69, 9.17) is 0 Å². The molecule has 2 heteroatoms. The lowest BCUT2D eigenvalue weighted by molar-refractivity contribution is 0.257. The SMILES string of the molecule is CC/C=C/CCCCN(CCCCCCCC/C=C/CCCCCCCC)CCCNCCCCCCCC/C=C/CCCCCCCC. The molecule has 0 aliphatic heterocycles. The topological polar surface area (TPSA) is 15.3 Å². The van der Waals surface area contributed by atoms with E-state index in [-0.39, 0.29) is 0 Å². The first-order valence-corrected chi connectivity index (χ1v) is 22.7. The molecule has 0 saturated carbocycles. The van der Waals surface area contributed by atoms with Crippen LogP contribution in [-0.4, -0.2) is 37.6 Å². The highest BCUT2D eigenvalue weighted by molar-refractivity contribution is 4.82. The molecule has 2 nitrogen and oxygen atoms in total. The Bertz CT molecular complexity index is 665. The van der Waals surface area contributed by atoms with Gasteiger partial charge in [0.1, 0.15) is 0 Å².